The third kappa shape index (κ3) is 10.8. The monoisotopic (exact) mass is 595 g/mol. The molecule has 0 heterocycles. The number of ether oxygens (including phenoxy) is 2. The van der Waals surface area contributed by atoms with E-state index in [-0.39, 0.29) is 23.7 Å². The number of phenolic OH excluding ortho intramolecular Hbond substituents is 1. The van der Waals surface area contributed by atoms with Gasteiger partial charge in [0.2, 0.25) is 0 Å². The molecular weight excluding hydrogens is 550 g/mol. The number of carbonyl (C=O) groups is 2. The molecule has 0 unspecified atom stereocenters. The molecule has 0 saturated carbocycles. The highest BCUT2D eigenvalue weighted by Crippen LogP contribution is 2.37. The molecule has 0 atom stereocenters. The Hall–Kier alpha value is -3.39. The number of aromatic hydroxyl groups is 1. The molecule has 0 fully saturated rings. The molecule has 0 bridgehead atoms. The van der Waals surface area contributed by atoms with Gasteiger partial charge in [0.25, 0.3) is 5.91 Å². The van der Waals surface area contributed by atoms with Gasteiger partial charge in [0.15, 0.2) is 0 Å². The van der Waals surface area contributed by atoms with Gasteiger partial charge in [0, 0.05) is 16.5 Å². The first-order valence-electron chi connectivity index (χ1n) is 15.1. The Labute approximate surface area is 254 Å². The van der Waals surface area contributed by atoms with Crippen molar-refractivity contribution < 1.29 is 29.3 Å². The second kappa shape index (κ2) is 18.2. The van der Waals surface area contributed by atoms with Gasteiger partial charge in [-0.2, -0.15) is 0 Å². The van der Waals surface area contributed by atoms with Crippen LogP contribution in [-0.4, -0.2) is 46.8 Å². The average molecular weight is 596 g/mol. The van der Waals surface area contributed by atoms with Crippen LogP contribution in [0, 0.1) is 6.92 Å². The SMILES string of the molecule is CCCCCCCCCCCCOc1ccc(C)cc1NC(=O)c1cc(OCCSCC(=O)O)c2ccccc2c1O. The van der Waals surface area contributed by atoms with Gasteiger partial charge in [-0.1, -0.05) is 95.0 Å². The van der Waals surface area contributed by atoms with E-state index in [4.69, 9.17) is 14.6 Å². The van der Waals surface area contributed by atoms with E-state index in [1.165, 1.54) is 69.2 Å². The molecule has 0 radical (unpaired) electrons. The predicted molar refractivity (Wildman–Crippen MR) is 173 cm³/mol. The lowest BCUT2D eigenvalue weighted by molar-refractivity contribution is -0.133. The summed E-state index contributed by atoms with van der Waals surface area (Å²) in [5.41, 5.74) is 1.61. The van der Waals surface area contributed by atoms with E-state index < -0.39 is 11.9 Å². The van der Waals surface area contributed by atoms with Gasteiger partial charge in [-0.25, -0.2) is 0 Å². The number of anilines is 1. The van der Waals surface area contributed by atoms with E-state index in [2.05, 4.69) is 12.2 Å². The Kier molecular flexibility index (Phi) is 14.4. The number of carbonyl (C=O) groups excluding carboxylic acids is 1. The summed E-state index contributed by atoms with van der Waals surface area (Å²) in [5, 5.41) is 24.0. The molecule has 8 heteroatoms. The highest BCUT2D eigenvalue weighted by molar-refractivity contribution is 7.99. The molecule has 7 nitrogen and oxygen atoms in total. The summed E-state index contributed by atoms with van der Waals surface area (Å²) in [6.07, 6.45) is 12.5. The number of carboxylic acids is 1. The molecule has 0 aromatic heterocycles. The maximum Gasteiger partial charge on any atom is 0.313 e. The fourth-order valence-electron chi connectivity index (χ4n) is 4.82. The average Bonchev–Trinajstić information content (AvgIpc) is 2.97. The first-order valence-corrected chi connectivity index (χ1v) is 16.3. The summed E-state index contributed by atoms with van der Waals surface area (Å²) in [6.45, 7) is 5.03. The number of benzene rings is 3. The van der Waals surface area contributed by atoms with Gasteiger partial charge in [0.05, 0.1) is 30.2 Å². The summed E-state index contributed by atoms with van der Waals surface area (Å²) in [6, 6.07) is 14.4. The number of aryl methyl sites for hydroxylation is 1. The minimum atomic E-state index is -0.878. The fourth-order valence-corrected chi connectivity index (χ4v) is 5.34. The van der Waals surface area contributed by atoms with E-state index >= 15 is 0 Å². The van der Waals surface area contributed by atoms with Crippen LogP contribution in [0.4, 0.5) is 5.69 Å². The van der Waals surface area contributed by atoms with Crippen molar-refractivity contribution in [1.82, 2.24) is 0 Å². The van der Waals surface area contributed by atoms with Crippen LogP contribution in [0.5, 0.6) is 17.2 Å². The van der Waals surface area contributed by atoms with Crippen LogP contribution in [-0.2, 0) is 4.79 Å². The highest BCUT2D eigenvalue weighted by Gasteiger charge is 2.19. The fraction of sp³-hybridized carbons (Fsp3) is 0.471. The highest BCUT2D eigenvalue weighted by atomic mass is 32.2. The van der Waals surface area contributed by atoms with Crippen LogP contribution >= 0.6 is 11.8 Å². The number of phenols is 1. The molecule has 3 aromatic rings. The number of carboxylic acid groups (broad SMARTS) is 1. The van der Waals surface area contributed by atoms with Gasteiger partial charge in [-0.05, 0) is 37.1 Å². The Morgan fingerprint density at radius 2 is 1.45 bits per heavy atom. The molecule has 0 aliphatic carbocycles. The summed E-state index contributed by atoms with van der Waals surface area (Å²) >= 11 is 1.25. The second-order valence-electron chi connectivity index (χ2n) is 10.6. The predicted octanol–water partition coefficient (Wildman–Crippen LogP) is 8.60. The minimum absolute atomic E-state index is 0.00652. The normalized spacial score (nSPS) is 11.0. The Bertz CT molecular complexity index is 1290. The molecule has 228 valence electrons. The maximum atomic E-state index is 13.5. The number of aliphatic carboxylic acids is 1. The van der Waals surface area contributed by atoms with Gasteiger partial charge >= 0.3 is 5.97 Å². The lowest BCUT2D eigenvalue weighted by Gasteiger charge is -2.16. The zero-order valence-corrected chi connectivity index (χ0v) is 25.8. The first kappa shape index (κ1) is 33.1. The van der Waals surface area contributed by atoms with E-state index in [1.54, 1.807) is 12.1 Å². The number of unbranched alkanes of at least 4 members (excludes halogenated alkanes) is 9. The molecule has 0 saturated heterocycles. The summed E-state index contributed by atoms with van der Waals surface area (Å²) in [5.74, 6) is 0.0358. The standard InChI is InChI=1S/C34H45NO6S/c1-3-4-5-6-7-8-9-10-11-14-19-40-30-18-17-25(2)22-29(30)35-34(39)28-23-31(41-20-21-42-24-32(36)37)26-15-12-13-16-27(26)33(28)38/h12-13,15-18,22-23,38H,3-11,14,19-21,24H2,1-2H3,(H,35,39)(H,36,37). The van der Waals surface area contributed by atoms with Crippen LogP contribution in [0.2, 0.25) is 0 Å². The van der Waals surface area contributed by atoms with Gasteiger partial charge in [0.1, 0.15) is 17.2 Å². The van der Waals surface area contributed by atoms with Crippen molar-refractivity contribution in [3.63, 3.8) is 0 Å². The first-order chi connectivity index (χ1) is 20.4. The van der Waals surface area contributed by atoms with Crippen LogP contribution < -0.4 is 14.8 Å². The number of thioether (sulfide) groups is 1. The van der Waals surface area contributed by atoms with Gasteiger partial charge in [-0.15, -0.1) is 11.8 Å². The summed E-state index contributed by atoms with van der Waals surface area (Å²) < 4.78 is 12.0. The van der Waals surface area contributed by atoms with Crippen molar-refractivity contribution in [3.05, 3.63) is 59.7 Å². The van der Waals surface area contributed by atoms with Gasteiger partial charge in [-0.3, -0.25) is 9.59 Å². The zero-order valence-electron chi connectivity index (χ0n) is 25.0. The Morgan fingerprint density at radius 1 is 0.810 bits per heavy atom. The summed E-state index contributed by atoms with van der Waals surface area (Å²) in [4.78, 5) is 24.2. The quantitative estimate of drug-likeness (QED) is 0.112. The number of rotatable bonds is 20. The van der Waals surface area contributed by atoms with Crippen LogP contribution in [0.25, 0.3) is 10.8 Å². The zero-order chi connectivity index (χ0) is 30.2. The smallest absolute Gasteiger partial charge is 0.313 e. The largest absolute Gasteiger partial charge is 0.506 e. The van der Waals surface area contributed by atoms with Crippen LogP contribution in [0.15, 0.2) is 48.5 Å². The lowest BCUT2D eigenvalue weighted by Crippen LogP contribution is -2.14. The minimum Gasteiger partial charge on any atom is -0.506 e. The molecule has 3 rings (SSSR count). The van der Waals surface area contributed by atoms with Crippen molar-refractivity contribution in [2.24, 2.45) is 0 Å². The van der Waals surface area contributed by atoms with Crippen molar-refractivity contribution in [2.75, 3.05) is 30.0 Å². The lowest BCUT2D eigenvalue weighted by atomic mass is 10.0. The van der Waals surface area contributed by atoms with Crippen LogP contribution in [0.1, 0.15) is 87.1 Å². The molecule has 0 aliphatic heterocycles. The van der Waals surface area contributed by atoms with E-state index in [0.29, 0.717) is 40.3 Å². The molecule has 3 aromatic carbocycles. The molecular formula is C34H45NO6S. The molecule has 0 spiro atoms. The molecule has 1 amide bonds. The van der Waals surface area contributed by atoms with E-state index in [0.717, 1.165) is 18.4 Å². The topological polar surface area (TPSA) is 105 Å². The van der Waals surface area contributed by atoms with Gasteiger partial charge < -0.3 is 25.0 Å². The molecule has 0 aliphatic rings. The number of fused-ring (bicyclic) bond motifs is 1. The third-order valence-corrected chi connectivity index (χ3v) is 7.98. The van der Waals surface area contributed by atoms with E-state index in [1.807, 2.05) is 37.3 Å². The second-order valence-corrected chi connectivity index (χ2v) is 11.7. The van der Waals surface area contributed by atoms with Crippen molar-refractivity contribution in [3.8, 4) is 17.2 Å². The summed E-state index contributed by atoms with van der Waals surface area (Å²) in [7, 11) is 0. The Balaban J connectivity index is 1.60. The third-order valence-electron chi connectivity index (χ3n) is 7.07. The van der Waals surface area contributed by atoms with Crippen molar-refractivity contribution >= 4 is 40.1 Å². The maximum absolute atomic E-state index is 13.5. The number of hydrogen-bond donors (Lipinski definition) is 3. The number of nitrogens with one attached hydrogen (secondary N) is 1. The molecule has 42 heavy (non-hydrogen) atoms. The van der Waals surface area contributed by atoms with Crippen LogP contribution in [0.3, 0.4) is 0 Å². The number of amides is 1. The molecule has 3 N–H and O–H groups in total. The van der Waals surface area contributed by atoms with E-state index in [9.17, 15) is 14.7 Å². The van der Waals surface area contributed by atoms with Crippen molar-refractivity contribution in [1.29, 1.82) is 0 Å². The Morgan fingerprint density at radius 3 is 2.14 bits per heavy atom. The number of hydrogen-bond acceptors (Lipinski definition) is 6. The van der Waals surface area contributed by atoms with Crippen molar-refractivity contribution in [2.45, 2.75) is 78.1 Å².